The first-order valence-electron chi connectivity index (χ1n) is 13.9. The molecule has 3 aromatic heterocycles. The van der Waals surface area contributed by atoms with Gasteiger partial charge in [0.2, 0.25) is 0 Å². The predicted octanol–water partition coefficient (Wildman–Crippen LogP) is 8.08. The summed E-state index contributed by atoms with van der Waals surface area (Å²) in [4.78, 5) is 17.7. The summed E-state index contributed by atoms with van der Waals surface area (Å²) in [6.45, 7) is 8.93. The average molecular weight is 485 g/mol. The van der Waals surface area contributed by atoms with Crippen LogP contribution >= 0.6 is 0 Å². The quantitative estimate of drug-likeness (QED) is 0.283. The van der Waals surface area contributed by atoms with Crippen LogP contribution in [0.1, 0.15) is 90.5 Å². The molecule has 1 saturated carbocycles. The molecule has 3 aliphatic carbocycles. The van der Waals surface area contributed by atoms with Crippen LogP contribution in [-0.4, -0.2) is 19.9 Å². The topological polar surface area (TPSA) is 57.4 Å². The van der Waals surface area contributed by atoms with Gasteiger partial charge in [-0.1, -0.05) is 26.0 Å². The number of aryl methyl sites for hydroxylation is 2. The molecule has 0 aromatic carbocycles. The number of rotatable bonds is 2. The van der Waals surface area contributed by atoms with Crippen molar-refractivity contribution < 1.29 is 0 Å². The second kappa shape index (κ2) is 7.44. The van der Waals surface area contributed by atoms with E-state index in [0.717, 1.165) is 41.1 Å². The monoisotopic (exact) mass is 484 g/mol. The molecule has 4 nitrogen and oxygen atoms in total. The van der Waals surface area contributed by atoms with Crippen molar-refractivity contribution in [1.82, 2.24) is 19.9 Å². The van der Waals surface area contributed by atoms with Crippen LogP contribution in [0, 0.1) is 18.8 Å². The van der Waals surface area contributed by atoms with E-state index < -0.39 is 0 Å². The Morgan fingerprint density at radius 1 is 0.730 bits per heavy atom. The zero-order valence-corrected chi connectivity index (χ0v) is 21.9. The third-order valence-corrected chi connectivity index (χ3v) is 9.64. The molecule has 3 aromatic rings. The molecule has 0 amide bonds. The molecular weight excluding hydrogens is 452 g/mol. The SMILES string of the molecule is CCC1=C(C)c2cc3nc(cc4[nH]c(cc5[nH]c(cc1n2)c1c5C2C1[C@H]1C=C[C@@H]2C1)c(CC)c4C)C=C3. The molecule has 10 bridgehead atoms. The molecule has 1 fully saturated rings. The van der Waals surface area contributed by atoms with E-state index in [9.17, 15) is 0 Å². The Hall–Kier alpha value is -3.66. The van der Waals surface area contributed by atoms with Gasteiger partial charge < -0.3 is 9.97 Å². The van der Waals surface area contributed by atoms with Gasteiger partial charge in [0.15, 0.2) is 0 Å². The van der Waals surface area contributed by atoms with Gasteiger partial charge in [-0.25, -0.2) is 9.97 Å². The second-order valence-electron chi connectivity index (χ2n) is 11.4. The van der Waals surface area contributed by atoms with Gasteiger partial charge in [0.1, 0.15) is 0 Å². The first-order valence-corrected chi connectivity index (χ1v) is 13.9. The summed E-state index contributed by atoms with van der Waals surface area (Å²) in [7, 11) is 0. The second-order valence-corrected chi connectivity index (χ2v) is 11.4. The molecule has 5 heterocycles. The van der Waals surface area contributed by atoms with Crippen LogP contribution in [0.4, 0.5) is 0 Å². The van der Waals surface area contributed by atoms with Gasteiger partial charge in [-0.3, -0.25) is 0 Å². The zero-order chi connectivity index (χ0) is 25.0. The Bertz CT molecular complexity index is 1770. The molecule has 0 radical (unpaired) electrons. The van der Waals surface area contributed by atoms with E-state index in [4.69, 9.17) is 9.97 Å². The van der Waals surface area contributed by atoms with Crippen LogP contribution in [0.3, 0.4) is 0 Å². The smallest absolute Gasteiger partial charge is 0.0693 e. The number of hydrogen-bond acceptors (Lipinski definition) is 2. The number of allylic oxidation sites excluding steroid dienone is 4. The number of aromatic nitrogens is 4. The highest BCUT2D eigenvalue weighted by Crippen LogP contribution is 2.67. The molecule has 4 heteroatoms. The van der Waals surface area contributed by atoms with Gasteiger partial charge >= 0.3 is 0 Å². The van der Waals surface area contributed by atoms with Crippen molar-refractivity contribution in [2.45, 2.75) is 58.8 Å². The maximum atomic E-state index is 5.15. The van der Waals surface area contributed by atoms with E-state index in [1.54, 1.807) is 11.1 Å². The summed E-state index contributed by atoms with van der Waals surface area (Å²) in [6, 6.07) is 9.04. The average Bonchev–Trinajstić information content (AvgIpc) is 3.68. The molecule has 2 aliphatic heterocycles. The van der Waals surface area contributed by atoms with Gasteiger partial charge in [-0.15, -0.1) is 0 Å². The first kappa shape index (κ1) is 21.4. The summed E-state index contributed by atoms with van der Waals surface area (Å²) in [5, 5.41) is 0. The Morgan fingerprint density at radius 3 is 2.11 bits per heavy atom. The van der Waals surface area contributed by atoms with E-state index in [1.807, 2.05) is 0 Å². The van der Waals surface area contributed by atoms with Crippen LogP contribution in [0.15, 0.2) is 36.4 Å². The molecule has 0 saturated heterocycles. The number of aromatic amines is 2. The summed E-state index contributed by atoms with van der Waals surface area (Å²) in [5.74, 6) is 2.68. The fraction of sp³-hybridized carbons (Fsp3) is 0.333. The van der Waals surface area contributed by atoms with Crippen LogP contribution in [-0.2, 0) is 6.42 Å². The Kier molecular flexibility index (Phi) is 4.31. The highest BCUT2D eigenvalue weighted by atomic mass is 14.8. The minimum Gasteiger partial charge on any atom is -0.355 e. The number of H-pyrrole nitrogens is 2. The van der Waals surface area contributed by atoms with Crippen molar-refractivity contribution in [3.63, 3.8) is 0 Å². The zero-order valence-electron chi connectivity index (χ0n) is 21.9. The van der Waals surface area contributed by atoms with Gasteiger partial charge in [-0.2, -0.15) is 0 Å². The number of nitrogens with zero attached hydrogens (tertiary/aromatic N) is 2. The van der Waals surface area contributed by atoms with E-state index in [-0.39, 0.29) is 0 Å². The van der Waals surface area contributed by atoms with Crippen molar-refractivity contribution in [1.29, 1.82) is 0 Å². The third kappa shape index (κ3) is 2.84. The van der Waals surface area contributed by atoms with Crippen molar-refractivity contribution in [2.75, 3.05) is 0 Å². The summed E-state index contributed by atoms with van der Waals surface area (Å²) in [5.41, 5.74) is 17.4. The Morgan fingerprint density at radius 2 is 1.41 bits per heavy atom. The molecule has 2 N–H and O–H groups in total. The Labute approximate surface area is 217 Å². The molecule has 5 aliphatic rings. The molecule has 184 valence electrons. The summed E-state index contributed by atoms with van der Waals surface area (Å²) in [6.07, 6.45) is 12.4. The number of fused-ring (bicyclic) bond motifs is 18. The first-order chi connectivity index (χ1) is 18.0. The van der Waals surface area contributed by atoms with Gasteiger partial charge in [0.05, 0.1) is 22.8 Å². The van der Waals surface area contributed by atoms with Crippen LogP contribution < -0.4 is 0 Å². The highest BCUT2D eigenvalue weighted by molar-refractivity contribution is 5.93. The molecule has 37 heavy (non-hydrogen) atoms. The van der Waals surface area contributed by atoms with E-state index in [1.165, 1.54) is 45.2 Å². The van der Waals surface area contributed by atoms with Gasteiger partial charge in [0, 0.05) is 33.9 Å². The predicted molar refractivity (Wildman–Crippen MR) is 153 cm³/mol. The van der Waals surface area contributed by atoms with Crippen LogP contribution in [0.5, 0.6) is 0 Å². The van der Waals surface area contributed by atoms with Crippen molar-refractivity contribution >= 4 is 45.4 Å². The van der Waals surface area contributed by atoms with E-state index in [2.05, 4.69) is 86.2 Å². The fourth-order valence-electron chi connectivity index (χ4n) is 7.89. The Balaban J connectivity index is 1.51. The maximum absolute atomic E-state index is 5.15. The lowest BCUT2D eigenvalue weighted by atomic mass is 9.64. The van der Waals surface area contributed by atoms with E-state index in [0.29, 0.717) is 23.7 Å². The van der Waals surface area contributed by atoms with Crippen molar-refractivity contribution in [3.8, 4) is 0 Å². The lowest BCUT2D eigenvalue weighted by molar-refractivity contribution is 0.454. The summed E-state index contributed by atoms with van der Waals surface area (Å²) >= 11 is 0. The minimum atomic E-state index is 0.649. The highest BCUT2D eigenvalue weighted by Gasteiger charge is 2.55. The van der Waals surface area contributed by atoms with Crippen molar-refractivity contribution in [2.24, 2.45) is 11.8 Å². The maximum Gasteiger partial charge on any atom is 0.0693 e. The molecule has 8 rings (SSSR count). The van der Waals surface area contributed by atoms with Gasteiger partial charge in [-0.05, 0) is 115 Å². The molecule has 0 spiro atoms. The largest absolute Gasteiger partial charge is 0.355 e. The fourth-order valence-corrected chi connectivity index (χ4v) is 7.89. The number of nitrogens with one attached hydrogen (secondary N) is 2. The standard InChI is InChI=1S/C33H32N4/c1-5-22-16(3)24-12-20-9-10-21(34-20)13-25-17(4)23(6-2)27(36-25)15-29-33-31-19-8-7-18(11-19)30(31)32(33)28(37-29)14-26(22)35-24/h7-10,12-15,18-19,30-31,35,37H,5-6,11H2,1-4H3/t18-,19+,30?,31?/m1/s1. The molecular formula is C33H32N4. The lowest BCUT2D eigenvalue weighted by Gasteiger charge is -2.38. The minimum absolute atomic E-state index is 0.649. The summed E-state index contributed by atoms with van der Waals surface area (Å²) < 4.78 is 0. The molecule has 2 unspecified atom stereocenters. The number of hydrogen-bond donors (Lipinski definition) is 2. The van der Waals surface area contributed by atoms with Gasteiger partial charge in [0.25, 0.3) is 0 Å². The van der Waals surface area contributed by atoms with E-state index >= 15 is 0 Å². The van der Waals surface area contributed by atoms with Crippen molar-refractivity contribution in [3.05, 3.63) is 81.4 Å². The normalized spacial score (nSPS) is 24.5. The molecule has 4 atom stereocenters. The van der Waals surface area contributed by atoms with Crippen LogP contribution in [0.2, 0.25) is 0 Å². The third-order valence-electron chi connectivity index (χ3n) is 9.64. The lowest BCUT2D eigenvalue weighted by Crippen LogP contribution is -2.26. The van der Waals surface area contributed by atoms with Crippen LogP contribution in [0.25, 0.3) is 45.4 Å².